The van der Waals surface area contributed by atoms with Crippen LogP contribution in [0.2, 0.25) is 0 Å². The van der Waals surface area contributed by atoms with Crippen LogP contribution in [0.25, 0.3) is 11.5 Å². The number of piperazine rings is 1. The second kappa shape index (κ2) is 9.11. The van der Waals surface area contributed by atoms with Crippen molar-refractivity contribution in [2.24, 2.45) is 0 Å². The van der Waals surface area contributed by atoms with E-state index in [0.717, 1.165) is 43.1 Å². The molecule has 150 valence electrons. The van der Waals surface area contributed by atoms with Crippen LogP contribution in [0.4, 0.5) is 11.4 Å². The van der Waals surface area contributed by atoms with Gasteiger partial charge in [-0.15, -0.1) is 10.2 Å². The average molecular weight is 410 g/mol. The highest BCUT2D eigenvalue weighted by molar-refractivity contribution is 7.99. The molecule has 3 aromatic rings. The SMILES string of the molecule is CN1CCN(c2ccccc2NC(=O)CSc2nnc(-c3ccccc3)o2)CC1. The van der Waals surface area contributed by atoms with Crippen molar-refractivity contribution < 1.29 is 9.21 Å². The van der Waals surface area contributed by atoms with Gasteiger partial charge in [0, 0.05) is 31.7 Å². The van der Waals surface area contributed by atoms with Gasteiger partial charge in [0.2, 0.25) is 11.8 Å². The Morgan fingerprint density at radius 3 is 2.55 bits per heavy atom. The first kappa shape index (κ1) is 19.5. The molecule has 1 aliphatic heterocycles. The first-order chi connectivity index (χ1) is 14.2. The first-order valence-electron chi connectivity index (χ1n) is 9.53. The van der Waals surface area contributed by atoms with Gasteiger partial charge in [-0.3, -0.25) is 4.79 Å². The van der Waals surface area contributed by atoms with Crippen LogP contribution >= 0.6 is 11.8 Å². The number of carbonyl (C=O) groups is 1. The van der Waals surface area contributed by atoms with Gasteiger partial charge in [-0.2, -0.15) is 0 Å². The maximum atomic E-state index is 12.5. The molecule has 8 heteroatoms. The van der Waals surface area contributed by atoms with E-state index in [-0.39, 0.29) is 11.7 Å². The number of anilines is 2. The van der Waals surface area contributed by atoms with E-state index < -0.39 is 0 Å². The predicted octanol–water partition coefficient (Wildman–Crippen LogP) is 3.22. The lowest BCUT2D eigenvalue weighted by atomic mass is 10.2. The number of nitrogens with one attached hydrogen (secondary N) is 1. The summed E-state index contributed by atoms with van der Waals surface area (Å²) < 4.78 is 5.65. The number of hydrogen-bond acceptors (Lipinski definition) is 7. The van der Waals surface area contributed by atoms with E-state index in [4.69, 9.17) is 4.42 Å². The van der Waals surface area contributed by atoms with Gasteiger partial charge in [0.15, 0.2) is 0 Å². The van der Waals surface area contributed by atoms with Crippen LogP contribution in [0.15, 0.2) is 64.2 Å². The molecule has 0 aliphatic carbocycles. The van der Waals surface area contributed by atoms with Gasteiger partial charge in [0.1, 0.15) is 0 Å². The fraction of sp³-hybridized carbons (Fsp3) is 0.286. The van der Waals surface area contributed by atoms with Crippen molar-refractivity contribution in [2.45, 2.75) is 5.22 Å². The zero-order chi connectivity index (χ0) is 20.1. The molecule has 29 heavy (non-hydrogen) atoms. The highest BCUT2D eigenvalue weighted by Gasteiger charge is 2.18. The van der Waals surface area contributed by atoms with Gasteiger partial charge in [0.25, 0.3) is 5.22 Å². The van der Waals surface area contributed by atoms with Gasteiger partial charge in [0.05, 0.1) is 17.1 Å². The summed E-state index contributed by atoms with van der Waals surface area (Å²) in [6.45, 7) is 3.92. The van der Waals surface area contributed by atoms with Crippen LogP contribution in [0.5, 0.6) is 0 Å². The second-order valence-electron chi connectivity index (χ2n) is 6.88. The van der Waals surface area contributed by atoms with Gasteiger partial charge in [-0.05, 0) is 31.3 Å². The van der Waals surface area contributed by atoms with E-state index >= 15 is 0 Å². The zero-order valence-electron chi connectivity index (χ0n) is 16.2. The summed E-state index contributed by atoms with van der Waals surface area (Å²) in [7, 11) is 2.13. The Morgan fingerprint density at radius 2 is 1.76 bits per heavy atom. The van der Waals surface area contributed by atoms with Crippen LogP contribution in [0.1, 0.15) is 0 Å². The molecule has 1 saturated heterocycles. The minimum absolute atomic E-state index is 0.101. The lowest BCUT2D eigenvalue weighted by Crippen LogP contribution is -2.44. The average Bonchev–Trinajstić information content (AvgIpc) is 3.23. The van der Waals surface area contributed by atoms with E-state index in [1.807, 2.05) is 48.5 Å². The molecule has 1 amide bonds. The van der Waals surface area contributed by atoms with Gasteiger partial charge in [-0.25, -0.2) is 0 Å². The van der Waals surface area contributed by atoms with E-state index in [1.165, 1.54) is 11.8 Å². The highest BCUT2D eigenvalue weighted by atomic mass is 32.2. The molecule has 1 aliphatic rings. The number of nitrogens with zero attached hydrogens (tertiary/aromatic N) is 4. The first-order valence-corrected chi connectivity index (χ1v) is 10.5. The number of para-hydroxylation sites is 2. The fourth-order valence-electron chi connectivity index (χ4n) is 3.18. The van der Waals surface area contributed by atoms with Crippen LogP contribution in [0, 0.1) is 0 Å². The largest absolute Gasteiger partial charge is 0.411 e. The van der Waals surface area contributed by atoms with E-state index in [9.17, 15) is 4.79 Å². The molecule has 2 heterocycles. The van der Waals surface area contributed by atoms with E-state index in [0.29, 0.717) is 11.1 Å². The van der Waals surface area contributed by atoms with E-state index in [1.54, 1.807) is 0 Å². The topological polar surface area (TPSA) is 74.5 Å². The van der Waals surface area contributed by atoms with E-state index in [2.05, 4.69) is 38.4 Å². The smallest absolute Gasteiger partial charge is 0.277 e. The monoisotopic (exact) mass is 409 g/mol. The summed E-state index contributed by atoms with van der Waals surface area (Å²) in [5, 5.41) is 11.5. The number of thioether (sulfide) groups is 1. The third-order valence-corrected chi connectivity index (χ3v) is 5.59. The van der Waals surface area contributed by atoms with Crippen molar-refractivity contribution in [2.75, 3.05) is 49.2 Å². The predicted molar refractivity (Wildman–Crippen MR) is 115 cm³/mol. The molecule has 1 fully saturated rings. The molecule has 4 rings (SSSR count). The quantitative estimate of drug-likeness (QED) is 0.627. The number of likely N-dealkylation sites (N-methyl/N-ethyl adjacent to an activating group) is 1. The van der Waals surface area contributed by atoms with Gasteiger partial charge in [-0.1, -0.05) is 42.1 Å². The molecule has 0 unspecified atom stereocenters. The summed E-state index contributed by atoms with van der Waals surface area (Å²) in [5.41, 5.74) is 2.75. The number of hydrogen-bond donors (Lipinski definition) is 1. The number of amides is 1. The molecule has 2 aromatic carbocycles. The molecule has 7 nitrogen and oxygen atoms in total. The maximum absolute atomic E-state index is 12.5. The second-order valence-corrected chi connectivity index (χ2v) is 7.81. The molecular weight excluding hydrogens is 386 g/mol. The highest BCUT2D eigenvalue weighted by Crippen LogP contribution is 2.27. The lowest BCUT2D eigenvalue weighted by molar-refractivity contribution is -0.113. The number of aromatic nitrogens is 2. The lowest BCUT2D eigenvalue weighted by Gasteiger charge is -2.35. The van der Waals surface area contributed by atoms with Crippen molar-refractivity contribution in [3.63, 3.8) is 0 Å². The summed E-state index contributed by atoms with van der Waals surface area (Å²) in [4.78, 5) is 17.1. The Balaban J connectivity index is 1.35. The molecule has 0 radical (unpaired) electrons. The van der Waals surface area contributed by atoms with Crippen molar-refractivity contribution in [1.29, 1.82) is 0 Å². The molecule has 0 atom stereocenters. The summed E-state index contributed by atoms with van der Waals surface area (Å²) in [6.07, 6.45) is 0. The summed E-state index contributed by atoms with van der Waals surface area (Å²) in [6, 6.07) is 17.5. The van der Waals surface area contributed by atoms with Crippen LogP contribution in [-0.2, 0) is 4.79 Å². The number of rotatable bonds is 6. The fourth-order valence-corrected chi connectivity index (χ4v) is 3.74. The van der Waals surface area contributed by atoms with Crippen molar-refractivity contribution >= 4 is 29.0 Å². The van der Waals surface area contributed by atoms with Crippen LogP contribution in [0.3, 0.4) is 0 Å². The Labute approximate surface area is 174 Å². The van der Waals surface area contributed by atoms with Crippen molar-refractivity contribution in [1.82, 2.24) is 15.1 Å². The van der Waals surface area contributed by atoms with Crippen LogP contribution in [-0.4, -0.2) is 60.0 Å². The van der Waals surface area contributed by atoms with Crippen LogP contribution < -0.4 is 10.2 Å². The molecule has 1 N–H and O–H groups in total. The maximum Gasteiger partial charge on any atom is 0.277 e. The number of benzene rings is 2. The molecule has 0 saturated carbocycles. The zero-order valence-corrected chi connectivity index (χ0v) is 17.1. The normalized spacial score (nSPS) is 14.7. The Kier molecular flexibility index (Phi) is 6.12. The minimum Gasteiger partial charge on any atom is -0.411 e. The Hall–Kier alpha value is -2.84. The number of carbonyl (C=O) groups excluding carboxylic acids is 1. The Morgan fingerprint density at radius 1 is 1.03 bits per heavy atom. The minimum atomic E-state index is -0.101. The third-order valence-electron chi connectivity index (χ3n) is 4.78. The summed E-state index contributed by atoms with van der Waals surface area (Å²) in [5.74, 6) is 0.554. The Bertz CT molecular complexity index is 954. The van der Waals surface area contributed by atoms with Crippen molar-refractivity contribution in [3.05, 3.63) is 54.6 Å². The molecular formula is C21H23N5O2S. The van der Waals surface area contributed by atoms with Crippen molar-refractivity contribution in [3.8, 4) is 11.5 Å². The third kappa shape index (κ3) is 4.96. The van der Waals surface area contributed by atoms with Gasteiger partial charge < -0.3 is 19.5 Å². The standard InChI is InChI=1S/C21H23N5O2S/c1-25-11-13-26(14-12-25)18-10-6-5-9-17(18)22-19(27)15-29-21-24-23-20(28-21)16-7-3-2-4-8-16/h2-10H,11-15H2,1H3,(H,22,27). The molecule has 1 aromatic heterocycles. The molecule has 0 bridgehead atoms. The van der Waals surface area contributed by atoms with Gasteiger partial charge >= 0.3 is 0 Å². The molecule has 0 spiro atoms. The summed E-state index contributed by atoms with van der Waals surface area (Å²) >= 11 is 1.23.